The number of likely N-dealkylation sites (N-methyl/N-ethyl adjacent to an activating group) is 1. The number of carbonyl (C=O) groups excluding carboxylic acids is 1. The van der Waals surface area contributed by atoms with Crippen molar-refractivity contribution in [1.29, 1.82) is 0 Å². The zero-order valence-electron chi connectivity index (χ0n) is 18.7. The summed E-state index contributed by atoms with van der Waals surface area (Å²) in [6.07, 6.45) is 0.267. The fraction of sp³-hybridized carbons (Fsp3) is 0.950. The van der Waals surface area contributed by atoms with Crippen molar-refractivity contribution in [2.24, 2.45) is 0 Å². The third-order valence-corrected chi connectivity index (χ3v) is 3.48. The number of carbonyl (C=O) groups is 1. The average Bonchev–Trinajstić information content (AvgIpc) is 2.74. The lowest BCUT2D eigenvalue weighted by molar-refractivity contribution is -0.144. The Kier molecular flexibility index (Phi) is 25.4. The van der Waals surface area contributed by atoms with E-state index in [-0.39, 0.29) is 12.4 Å². The van der Waals surface area contributed by atoms with Gasteiger partial charge in [0.1, 0.15) is 0 Å². The minimum absolute atomic E-state index is 0.244. The summed E-state index contributed by atoms with van der Waals surface area (Å²) >= 11 is 0. The maximum absolute atomic E-state index is 11.1. The maximum atomic E-state index is 11.1. The van der Waals surface area contributed by atoms with Crippen molar-refractivity contribution in [2.45, 2.75) is 13.3 Å². The smallest absolute Gasteiger partial charge is 0.308 e. The Bertz CT molecular complexity index is 348. The molecular weight excluding hydrogens is 398 g/mol. The van der Waals surface area contributed by atoms with Crippen LogP contribution >= 0.6 is 0 Å². The van der Waals surface area contributed by atoms with Crippen LogP contribution in [0.5, 0.6) is 0 Å². The van der Waals surface area contributed by atoms with Crippen molar-refractivity contribution in [3.8, 4) is 0 Å². The third-order valence-electron chi connectivity index (χ3n) is 3.48. The van der Waals surface area contributed by atoms with E-state index in [1.165, 1.54) is 0 Å². The van der Waals surface area contributed by atoms with E-state index >= 15 is 0 Å². The highest BCUT2D eigenvalue weighted by Gasteiger charge is 2.00. The van der Waals surface area contributed by atoms with Gasteiger partial charge in [-0.1, -0.05) is 0 Å². The minimum Gasteiger partial charge on any atom is -0.466 e. The Morgan fingerprint density at radius 3 is 1.23 bits per heavy atom. The minimum atomic E-state index is -0.244. The van der Waals surface area contributed by atoms with Gasteiger partial charge in [0.25, 0.3) is 0 Å². The second kappa shape index (κ2) is 26.2. The van der Waals surface area contributed by atoms with Gasteiger partial charge in [-0.2, -0.15) is 0 Å². The molecule has 0 spiro atoms. The van der Waals surface area contributed by atoms with Gasteiger partial charge in [-0.3, -0.25) is 4.79 Å². The molecule has 0 saturated carbocycles. The van der Waals surface area contributed by atoms with Crippen LogP contribution in [-0.2, 0) is 42.7 Å². The maximum Gasteiger partial charge on any atom is 0.308 e. The van der Waals surface area contributed by atoms with E-state index in [9.17, 15) is 4.79 Å². The van der Waals surface area contributed by atoms with Crippen molar-refractivity contribution in [3.05, 3.63) is 0 Å². The second-order valence-corrected chi connectivity index (χ2v) is 5.95. The molecule has 30 heavy (non-hydrogen) atoms. The summed E-state index contributed by atoms with van der Waals surface area (Å²) < 4.78 is 42.4. The van der Waals surface area contributed by atoms with Gasteiger partial charge in [-0.05, 0) is 14.0 Å². The van der Waals surface area contributed by atoms with Crippen LogP contribution in [0.4, 0.5) is 0 Å². The van der Waals surface area contributed by atoms with Crippen molar-refractivity contribution >= 4 is 5.97 Å². The molecule has 0 bridgehead atoms. The number of hydrogen-bond acceptors (Lipinski definition) is 10. The molecule has 0 aromatic heterocycles. The molecule has 0 aliphatic rings. The van der Waals surface area contributed by atoms with Gasteiger partial charge >= 0.3 is 5.97 Å². The number of hydrogen-bond donors (Lipinski definition) is 1. The van der Waals surface area contributed by atoms with Crippen LogP contribution in [-0.4, -0.2) is 119 Å². The van der Waals surface area contributed by atoms with E-state index in [1.807, 2.05) is 7.05 Å². The molecule has 0 aromatic rings. The zero-order chi connectivity index (χ0) is 22.0. The van der Waals surface area contributed by atoms with Crippen molar-refractivity contribution in [2.75, 3.05) is 113 Å². The highest BCUT2D eigenvalue weighted by Crippen LogP contribution is 1.89. The highest BCUT2D eigenvalue weighted by atomic mass is 16.6. The molecule has 0 amide bonds. The predicted octanol–water partition coefficient (Wildman–Crippen LogP) is 0.275. The largest absolute Gasteiger partial charge is 0.466 e. The lowest BCUT2D eigenvalue weighted by Crippen LogP contribution is -2.17. The molecule has 0 heterocycles. The Morgan fingerprint density at radius 1 is 0.567 bits per heavy atom. The van der Waals surface area contributed by atoms with E-state index < -0.39 is 0 Å². The molecule has 0 atom stereocenters. The molecule has 10 heteroatoms. The Hall–Kier alpha value is -0.850. The molecule has 0 unspecified atom stereocenters. The lowest BCUT2D eigenvalue weighted by Gasteiger charge is -2.08. The first-order valence-electron chi connectivity index (χ1n) is 10.7. The topological polar surface area (TPSA) is 103 Å². The summed E-state index contributed by atoms with van der Waals surface area (Å²) in [5.74, 6) is -0.244. The first kappa shape index (κ1) is 29.1. The molecule has 0 aliphatic carbocycles. The van der Waals surface area contributed by atoms with Gasteiger partial charge in [0.15, 0.2) is 0 Å². The summed E-state index contributed by atoms with van der Waals surface area (Å²) in [7, 11) is 1.89. The summed E-state index contributed by atoms with van der Waals surface area (Å²) in [4.78, 5) is 11.1. The van der Waals surface area contributed by atoms with Crippen LogP contribution in [0.25, 0.3) is 0 Å². The van der Waals surface area contributed by atoms with Gasteiger partial charge in [0.05, 0.1) is 106 Å². The van der Waals surface area contributed by atoms with E-state index in [1.54, 1.807) is 6.92 Å². The van der Waals surface area contributed by atoms with Gasteiger partial charge in [-0.25, -0.2) is 0 Å². The number of esters is 1. The summed E-state index contributed by atoms with van der Waals surface area (Å²) in [5.41, 5.74) is 0. The average molecular weight is 440 g/mol. The molecule has 0 aromatic carbocycles. The van der Waals surface area contributed by atoms with Crippen LogP contribution in [0.2, 0.25) is 0 Å². The molecule has 10 nitrogen and oxygen atoms in total. The fourth-order valence-electron chi connectivity index (χ4n) is 1.98. The molecule has 0 fully saturated rings. The standard InChI is InChI=1S/C20H41NO9/c1-3-30-20(22)4-6-23-8-10-25-12-14-27-16-18-29-19-17-28-15-13-26-11-9-24-7-5-21-2/h21H,3-19H2,1-2H3. The number of nitrogens with one attached hydrogen (secondary N) is 1. The van der Waals surface area contributed by atoms with Gasteiger partial charge in [0.2, 0.25) is 0 Å². The molecule has 0 aliphatic heterocycles. The normalized spacial score (nSPS) is 11.1. The SMILES string of the molecule is CCOC(=O)CCOCCOCCOCCOCCOCCOCCOCCNC. The monoisotopic (exact) mass is 439 g/mol. The molecule has 1 N–H and O–H groups in total. The first-order valence-corrected chi connectivity index (χ1v) is 10.7. The van der Waals surface area contributed by atoms with E-state index in [0.29, 0.717) is 99.1 Å². The third kappa shape index (κ3) is 25.2. The van der Waals surface area contributed by atoms with Gasteiger partial charge < -0.3 is 43.2 Å². The molecule has 0 rings (SSSR count). The summed E-state index contributed by atoms with van der Waals surface area (Å²) in [6.45, 7) is 10.3. The predicted molar refractivity (Wildman–Crippen MR) is 111 cm³/mol. The van der Waals surface area contributed by atoms with E-state index in [2.05, 4.69) is 5.32 Å². The molecular formula is C20H41NO9. The van der Waals surface area contributed by atoms with Gasteiger partial charge in [-0.15, -0.1) is 0 Å². The lowest BCUT2D eigenvalue weighted by atomic mass is 10.5. The fourth-order valence-corrected chi connectivity index (χ4v) is 1.98. The van der Waals surface area contributed by atoms with Crippen molar-refractivity contribution in [1.82, 2.24) is 5.32 Å². The van der Waals surface area contributed by atoms with Gasteiger partial charge in [0, 0.05) is 6.54 Å². The first-order chi connectivity index (χ1) is 14.8. The molecule has 180 valence electrons. The zero-order valence-corrected chi connectivity index (χ0v) is 18.7. The molecule has 0 saturated heterocycles. The second-order valence-electron chi connectivity index (χ2n) is 5.95. The Morgan fingerprint density at radius 2 is 0.900 bits per heavy atom. The van der Waals surface area contributed by atoms with Crippen LogP contribution in [0.1, 0.15) is 13.3 Å². The summed E-state index contributed by atoms with van der Waals surface area (Å²) in [6, 6.07) is 0. The Balaban J connectivity index is 3.03. The quantitative estimate of drug-likeness (QED) is 0.158. The number of ether oxygens (including phenoxy) is 8. The van der Waals surface area contributed by atoms with E-state index in [0.717, 1.165) is 6.54 Å². The van der Waals surface area contributed by atoms with Crippen molar-refractivity contribution in [3.63, 3.8) is 0 Å². The van der Waals surface area contributed by atoms with Crippen LogP contribution in [0.3, 0.4) is 0 Å². The van der Waals surface area contributed by atoms with Crippen LogP contribution < -0.4 is 5.32 Å². The van der Waals surface area contributed by atoms with Crippen LogP contribution in [0.15, 0.2) is 0 Å². The highest BCUT2D eigenvalue weighted by molar-refractivity contribution is 5.69. The van der Waals surface area contributed by atoms with E-state index in [4.69, 9.17) is 37.9 Å². The summed E-state index contributed by atoms with van der Waals surface area (Å²) in [5, 5.41) is 3.01. The van der Waals surface area contributed by atoms with Crippen LogP contribution in [0, 0.1) is 0 Å². The Labute approximate surface area is 180 Å². The number of rotatable bonds is 25. The molecule has 0 radical (unpaired) electrons. The van der Waals surface area contributed by atoms with Crippen molar-refractivity contribution < 1.29 is 42.7 Å².